The second kappa shape index (κ2) is 19.6. The van der Waals surface area contributed by atoms with Crippen molar-refractivity contribution in [1.82, 2.24) is 15.1 Å². The van der Waals surface area contributed by atoms with Crippen LogP contribution >= 0.6 is 11.8 Å². The van der Waals surface area contributed by atoms with Crippen molar-refractivity contribution in [2.75, 3.05) is 53.5 Å². The molecule has 3 amide bonds. The third kappa shape index (κ3) is 13.3. The molecule has 1 aliphatic heterocycles. The number of aromatic hydroxyl groups is 1. The average molecular weight is 740 g/mol. The topological polar surface area (TPSA) is 221 Å². The van der Waals surface area contributed by atoms with E-state index in [0.29, 0.717) is 16.2 Å². The molecule has 6 N–H and O–H groups in total. The molecule has 19 heteroatoms. The van der Waals surface area contributed by atoms with E-state index in [1.165, 1.54) is 36.0 Å². The molecule has 0 saturated carbocycles. The smallest absolute Gasteiger partial charge is 0.490 e. The summed E-state index contributed by atoms with van der Waals surface area (Å²) in [5.41, 5.74) is 6.36. The fourth-order valence-electron chi connectivity index (χ4n) is 3.79. The lowest BCUT2D eigenvalue weighted by atomic mass is 10.1. The number of carboxylic acids is 1. The van der Waals surface area contributed by atoms with Crippen molar-refractivity contribution in [3.63, 3.8) is 0 Å². The number of thioether (sulfide) groups is 1. The molecule has 3 rings (SSSR count). The molecule has 1 aliphatic rings. The van der Waals surface area contributed by atoms with Gasteiger partial charge in [-0.2, -0.15) is 13.2 Å². The highest BCUT2D eigenvalue weighted by Gasteiger charge is 2.38. The summed E-state index contributed by atoms with van der Waals surface area (Å²) < 4.78 is 42.4. The van der Waals surface area contributed by atoms with Gasteiger partial charge in [0.15, 0.2) is 11.5 Å². The van der Waals surface area contributed by atoms with Gasteiger partial charge in [-0.3, -0.25) is 14.4 Å². The number of carboxylic acid groups (broad SMARTS) is 1. The number of aliphatic hydroxyl groups excluding tert-OH is 1. The minimum absolute atomic E-state index is 0.0344. The molecule has 0 unspecified atom stereocenters. The summed E-state index contributed by atoms with van der Waals surface area (Å²) >= 11 is 1.10. The number of aliphatic hydroxyl groups is 1. The lowest BCUT2D eigenvalue weighted by Gasteiger charge is -2.21. The van der Waals surface area contributed by atoms with Gasteiger partial charge in [0, 0.05) is 14.1 Å². The summed E-state index contributed by atoms with van der Waals surface area (Å²) in [5.74, 6) is -4.98. The largest absolute Gasteiger partial charge is 0.506 e. The first kappa shape index (κ1) is 41.6. The molecule has 0 aliphatic carbocycles. The Labute approximate surface area is 294 Å². The van der Waals surface area contributed by atoms with E-state index in [9.17, 15) is 42.6 Å². The quantitative estimate of drug-likeness (QED) is 0.148. The molecular formula is C32H36F3N5O10S. The lowest BCUT2D eigenvalue weighted by molar-refractivity contribution is -0.192. The number of carbonyl (C=O) groups is 5. The van der Waals surface area contributed by atoms with E-state index in [0.717, 1.165) is 11.8 Å². The van der Waals surface area contributed by atoms with Crippen LogP contribution in [0.5, 0.6) is 11.5 Å². The molecule has 276 valence electrons. The zero-order valence-corrected chi connectivity index (χ0v) is 28.4. The van der Waals surface area contributed by atoms with Gasteiger partial charge in [-0.1, -0.05) is 36.0 Å². The number of nitrogens with two attached hydrogens (primary N) is 1. The summed E-state index contributed by atoms with van der Waals surface area (Å²) in [6.07, 6.45) is -3.49. The summed E-state index contributed by atoms with van der Waals surface area (Å²) in [6.45, 7) is 1.31. The minimum Gasteiger partial charge on any atom is -0.506 e. The number of nitrogens with one attached hydrogen (secondary N) is 1. The highest BCUT2D eigenvalue weighted by Crippen LogP contribution is 2.41. The van der Waals surface area contributed by atoms with Crippen molar-refractivity contribution in [1.29, 1.82) is 0 Å². The Morgan fingerprint density at radius 1 is 1.00 bits per heavy atom. The maximum Gasteiger partial charge on any atom is 0.490 e. The summed E-state index contributed by atoms with van der Waals surface area (Å²) in [5, 5.41) is 31.4. The number of phenols is 1. The maximum absolute atomic E-state index is 12.6. The molecule has 0 atom stereocenters. The Morgan fingerprint density at radius 3 is 2.20 bits per heavy atom. The average Bonchev–Trinajstić information content (AvgIpc) is 3.37. The standard InChI is InChI=1S/C30H35N5O8S.C2HF3O2/c1-4-42-30(41)27-28(40)23(44-29(27)33-20-8-6-5-7-9-20)15-19-10-11-22(21(36)14-19)43-13-12-32-24(37)17-34(2)26(39)18-35(3)25(38)16-31;3-2(4,5)1(6)7/h5-11,14-15,36,40H,4,12-13,16-18,31H2,1-3H3,(H,32,37);(H,6,7)/b23-15-,33-29?;. The molecule has 0 bridgehead atoms. The van der Waals surface area contributed by atoms with Crippen molar-refractivity contribution in [2.45, 2.75) is 13.1 Å². The minimum atomic E-state index is -5.08. The molecule has 2 aromatic carbocycles. The van der Waals surface area contributed by atoms with Crippen LogP contribution in [0.25, 0.3) is 6.08 Å². The van der Waals surface area contributed by atoms with Crippen LogP contribution in [0.2, 0.25) is 0 Å². The van der Waals surface area contributed by atoms with Gasteiger partial charge in [-0.15, -0.1) is 0 Å². The van der Waals surface area contributed by atoms with Crippen LogP contribution in [0, 0.1) is 0 Å². The van der Waals surface area contributed by atoms with Gasteiger partial charge >= 0.3 is 18.1 Å². The fraction of sp³-hybridized carbons (Fsp3) is 0.312. The van der Waals surface area contributed by atoms with Gasteiger partial charge in [-0.05, 0) is 42.8 Å². The number of benzene rings is 2. The van der Waals surface area contributed by atoms with Crippen LogP contribution in [0.15, 0.2) is 69.8 Å². The number of hydrogen-bond acceptors (Lipinski definition) is 12. The molecule has 51 heavy (non-hydrogen) atoms. The number of para-hydroxylation sites is 1. The summed E-state index contributed by atoms with van der Waals surface area (Å²) in [7, 11) is 2.90. The highest BCUT2D eigenvalue weighted by molar-refractivity contribution is 8.18. The number of amides is 3. The number of ether oxygens (including phenoxy) is 2. The number of halogens is 3. The van der Waals surface area contributed by atoms with Gasteiger partial charge in [0.1, 0.15) is 23.0 Å². The number of alkyl halides is 3. The second-order valence-electron chi connectivity index (χ2n) is 10.2. The monoisotopic (exact) mass is 739 g/mol. The zero-order valence-electron chi connectivity index (χ0n) is 27.6. The molecule has 0 saturated heterocycles. The summed E-state index contributed by atoms with van der Waals surface area (Å²) in [6, 6.07) is 13.6. The number of hydrogen-bond donors (Lipinski definition) is 5. The first-order valence-electron chi connectivity index (χ1n) is 14.8. The van der Waals surface area contributed by atoms with Gasteiger partial charge < -0.3 is 45.6 Å². The Bertz CT molecular complexity index is 1680. The molecule has 2 aromatic rings. The number of aliphatic carboxylic acids is 1. The van der Waals surface area contributed by atoms with Crippen molar-refractivity contribution in [2.24, 2.45) is 10.7 Å². The maximum atomic E-state index is 12.6. The third-order valence-electron chi connectivity index (χ3n) is 6.34. The van der Waals surface area contributed by atoms with Crippen molar-refractivity contribution >= 4 is 58.2 Å². The van der Waals surface area contributed by atoms with Gasteiger partial charge in [0.05, 0.1) is 43.4 Å². The van der Waals surface area contributed by atoms with E-state index in [2.05, 4.69) is 10.3 Å². The molecule has 15 nitrogen and oxygen atoms in total. The van der Waals surface area contributed by atoms with E-state index >= 15 is 0 Å². The second-order valence-corrected chi connectivity index (χ2v) is 11.3. The van der Waals surface area contributed by atoms with Crippen LogP contribution in [0.1, 0.15) is 12.5 Å². The number of carbonyl (C=O) groups excluding carboxylic acids is 4. The Balaban J connectivity index is 0.00000116. The Hall–Kier alpha value is -5.56. The number of rotatable bonds is 13. The molecule has 1 heterocycles. The van der Waals surface area contributed by atoms with E-state index < -0.39 is 29.9 Å². The van der Waals surface area contributed by atoms with Crippen LogP contribution in [0.3, 0.4) is 0 Å². The predicted octanol–water partition coefficient (Wildman–Crippen LogP) is 2.59. The highest BCUT2D eigenvalue weighted by atomic mass is 32.2. The van der Waals surface area contributed by atoms with Crippen LogP contribution in [-0.4, -0.2) is 119 Å². The predicted molar refractivity (Wildman–Crippen MR) is 180 cm³/mol. The molecule has 0 fully saturated rings. The zero-order chi connectivity index (χ0) is 38.3. The van der Waals surface area contributed by atoms with Gasteiger partial charge in [0.25, 0.3) is 0 Å². The number of aliphatic imine (C=N–C) groups is 1. The van der Waals surface area contributed by atoms with Crippen LogP contribution < -0.4 is 15.8 Å². The normalized spacial score (nSPS) is 14.0. The van der Waals surface area contributed by atoms with Gasteiger partial charge in [0.2, 0.25) is 17.7 Å². The van der Waals surface area contributed by atoms with E-state index in [1.807, 2.05) is 18.2 Å². The first-order chi connectivity index (χ1) is 24.0. The number of phenolic OH excluding ortho intramolecular Hbond substituents is 1. The van der Waals surface area contributed by atoms with E-state index in [1.54, 1.807) is 31.2 Å². The Kier molecular flexibility index (Phi) is 16.0. The Morgan fingerprint density at radius 2 is 1.63 bits per heavy atom. The van der Waals surface area contributed by atoms with Crippen molar-refractivity contribution < 1.29 is 61.9 Å². The van der Waals surface area contributed by atoms with Crippen molar-refractivity contribution in [3.05, 3.63) is 70.3 Å². The van der Waals surface area contributed by atoms with Gasteiger partial charge in [-0.25, -0.2) is 14.6 Å². The number of likely N-dealkylation sites (N-methyl/N-ethyl adjacent to an activating group) is 2. The molecule has 0 spiro atoms. The number of nitrogens with zero attached hydrogens (tertiary/aromatic N) is 3. The molecular weight excluding hydrogens is 703 g/mol. The number of esters is 1. The molecule has 0 radical (unpaired) electrons. The van der Waals surface area contributed by atoms with E-state index in [4.69, 9.17) is 25.1 Å². The summed E-state index contributed by atoms with van der Waals surface area (Å²) in [4.78, 5) is 64.6. The lowest BCUT2D eigenvalue weighted by Crippen LogP contribution is -2.45. The fourth-order valence-corrected chi connectivity index (χ4v) is 4.82. The van der Waals surface area contributed by atoms with Crippen LogP contribution in [0.4, 0.5) is 18.9 Å². The molecule has 0 aromatic heterocycles. The third-order valence-corrected chi connectivity index (χ3v) is 7.36. The van der Waals surface area contributed by atoms with Crippen molar-refractivity contribution in [3.8, 4) is 11.5 Å². The SMILES string of the molecule is CCOC(=O)C1=C(O)/C(=C/c2ccc(OCCNC(=O)CN(C)C(=O)CN(C)C(=O)CN)c(O)c2)SC1=Nc1ccccc1.O=C(O)C(F)(F)F. The first-order valence-corrected chi connectivity index (χ1v) is 15.6. The van der Waals surface area contributed by atoms with E-state index in [-0.39, 0.29) is 73.2 Å². The van der Waals surface area contributed by atoms with Crippen LogP contribution in [-0.2, 0) is 28.7 Å².